The van der Waals surface area contributed by atoms with Crippen molar-refractivity contribution in [3.8, 4) is 0 Å². The molecule has 2 nitrogen and oxygen atoms in total. The maximum Gasteiger partial charge on any atom is 0.0476 e. The van der Waals surface area contributed by atoms with E-state index in [-0.39, 0.29) is 0 Å². The largest absolute Gasteiger partial charge is 0.308 e. The van der Waals surface area contributed by atoms with Crippen LogP contribution in [0.4, 0.5) is 0 Å². The van der Waals surface area contributed by atoms with Gasteiger partial charge in [-0.2, -0.15) is 0 Å². The summed E-state index contributed by atoms with van der Waals surface area (Å²) in [5.74, 6) is 0. The third kappa shape index (κ3) is 3.07. The molecule has 0 bridgehead atoms. The van der Waals surface area contributed by atoms with Crippen LogP contribution in [0.25, 0.3) is 0 Å². The van der Waals surface area contributed by atoms with E-state index in [9.17, 15) is 0 Å². The molecule has 0 spiro atoms. The van der Waals surface area contributed by atoms with E-state index in [2.05, 4.69) is 68.2 Å². The van der Waals surface area contributed by atoms with Crippen LogP contribution in [0, 0.1) is 0 Å². The average Bonchev–Trinajstić information content (AvgIpc) is 2.54. The van der Waals surface area contributed by atoms with Gasteiger partial charge in [0.05, 0.1) is 0 Å². The van der Waals surface area contributed by atoms with E-state index < -0.39 is 0 Å². The lowest BCUT2D eigenvalue weighted by Gasteiger charge is -2.50. The normalized spacial score (nSPS) is 24.5. The molecule has 1 fully saturated rings. The van der Waals surface area contributed by atoms with Gasteiger partial charge in [-0.1, -0.05) is 51.1 Å². The summed E-state index contributed by atoms with van der Waals surface area (Å²) in [6.45, 7) is 11.5. The molecule has 1 N–H and O–H groups in total. The van der Waals surface area contributed by atoms with Crippen molar-refractivity contribution >= 4 is 0 Å². The highest BCUT2D eigenvalue weighted by Gasteiger charge is 2.38. The fourth-order valence-corrected chi connectivity index (χ4v) is 3.35. The fraction of sp³-hybridized carbons (Fsp3) is 0.667. The van der Waals surface area contributed by atoms with Crippen LogP contribution in [0.5, 0.6) is 0 Å². The average molecular weight is 274 g/mol. The molecule has 0 aromatic heterocycles. The van der Waals surface area contributed by atoms with Gasteiger partial charge in [-0.15, -0.1) is 0 Å². The second kappa shape index (κ2) is 6.73. The highest BCUT2D eigenvalue weighted by atomic mass is 15.3. The van der Waals surface area contributed by atoms with Gasteiger partial charge in [-0.3, -0.25) is 4.90 Å². The van der Waals surface area contributed by atoms with E-state index in [4.69, 9.17) is 0 Å². The number of nitrogens with one attached hydrogen (secondary N) is 1. The molecular formula is C18H30N2. The summed E-state index contributed by atoms with van der Waals surface area (Å²) >= 11 is 0. The number of hydrogen-bond donors (Lipinski definition) is 1. The van der Waals surface area contributed by atoms with Gasteiger partial charge in [-0.05, 0) is 31.7 Å². The van der Waals surface area contributed by atoms with Crippen molar-refractivity contribution in [2.45, 2.75) is 64.6 Å². The number of benzene rings is 1. The van der Waals surface area contributed by atoms with Crippen LogP contribution < -0.4 is 5.32 Å². The quantitative estimate of drug-likeness (QED) is 0.873. The van der Waals surface area contributed by atoms with Crippen molar-refractivity contribution in [2.75, 3.05) is 13.1 Å². The Hall–Kier alpha value is -0.860. The lowest BCUT2D eigenvalue weighted by Crippen LogP contribution is -2.62. The molecular weight excluding hydrogens is 244 g/mol. The van der Waals surface area contributed by atoms with E-state index in [1.54, 1.807) is 0 Å². The summed E-state index contributed by atoms with van der Waals surface area (Å²) in [4.78, 5) is 2.72. The zero-order valence-electron chi connectivity index (χ0n) is 13.5. The molecule has 0 radical (unpaired) electrons. The first kappa shape index (κ1) is 15.5. The summed E-state index contributed by atoms with van der Waals surface area (Å²) in [7, 11) is 0. The maximum atomic E-state index is 3.85. The number of rotatable bonds is 5. The Morgan fingerprint density at radius 2 is 1.85 bits per heavy atom. The smallest absolute Gasteiger partial charge is 0.0476 e. The van der Waals surface area contributed by atoms with Gasteiger partial charge in [0.25, 0.3) is 0 Å². The third-order valence-corrected chi connectivity index (χ3v) is 5.25. The first-order valence-electron chi connectivity index (χ1n) is 8.21. The summed E-state index contributed by atoms with van der Waals surface area (Å²) < 4.78 is 0. The Morgan fingerprint density at radius 3 is 2.40 bits per heavy atom. The maximum absolute atomic E-state index is 3.85. The number of nitrogens with zero attached hydrogens (tertiary/aromatic N) is 1. The predicted molar refractivity (Wildman–Crippen MR) is 87.0 cm³/mol. The zero-order valence-corrected chi connectivity index (χ0v) is 13.5. The second-order valence-electron chi connectivity index (χ2n) is 6.22. The molecule has 1 aliphatic rings. The molecule has 2 atom stereocenters. The van der Waals surface area contributed by atoms with Crippen molar-refractivity contribution in [1.82, 2.24) is 10.2 Å². The molecule has 1 saturated heterocycles. The van der Waals surface area contributed by atoms with Gasteiger partial charge in [0.2, 0.25) is 0 Å². The van der Waals surface area contributed by atoms with Gasteiger partial charge < -0.3 is 5.32 Å². The fourth-order valence-electron chi connectivity index (χ4n) is 3.35. The molecule has 1 aromatic rings. The molecule has 1 aromatic carbocycles. The van der Waals surface area contributed by atoms with Crippen molar-refractivity contribution in [1.29, 1.82) is 0 Å². The minimum atomic E-state index is 0.300. The Kier molecular flexibility index (Phi) is 5.22. The van der Waals surface area contributed by atoms with E-state index in [0.717, 1.165) is 13.1 Å². The molecule has 0 amide bonds. The molecule has 1 aliphatic heterocycles. The molecule has 112 valence electrons. The van der Waals surface area contributed by atoms with Crippen LogP contribution >= 0.6 is 0 Å². The molecule has 2 heteroatoms. The van der Waals surface area contributed by atoms with Crippen molar-refractivity contribution in [3.63, 3.8) is 0 Å². The molecule has 2 unspecified atom stereocenters. The van der Waals surface area contributed by atoms with E-state index >= 15 is 0 Å². The number of hydrogen-bond acceptors (Lipinski definition) is 2. The van der Waals surface area contributed by atoms with Crippen LogP contribution in [0.3, 0.4) is 0 Å². The van der Waals surface area contributed by atoms with Crippen LogP contribution in [-0.4, -0.2) is 29.6 Å². The van der Waals surface area contributed by atoms with Gasteiger partial charge >= 0.3 is 0 Å². The summed E-state index contributed by atoms with van der Waals surface area (Å²) in [5, 5.41) is 3.85. The Labute approximate surface area is 124 Å². The minimum absolute atomic E-state index is 0.300. The Morgan fingerprint density at radius 1 is 1.20 bits per heavy atom. The first-order valence-corrected chi connectivity index (χ1v) is 8.21. The molecule has 2 rings (SSSR count). The third-order valence-electron chi connectivity index (χ3n) is 5.25. The highest BCUT2D eigenvalue weighted by Crippen LogP contribution is 2.32. The summed E-state index contributed by atoms with van der Waals surface area (Å²) in [6.07, 6.45) is 3.63. The standard InChI is InChI=1S/C18H30N2/c1-5-15(4)20-14-18(6-2,7-3)19-13-17(20)16-11-9-8-10-12-16/h8-12,15,17,19H,5-7,13-14H2,1-4H3. The predicted octanol–water partition coefficient (Wildman–Crippen LogP) is 3.99. The van der Waals surface area contributed by atoms with Gasteiger partial charge in [0.1, 0.15) is 0 Å². The highest BCUT2D eigenvalue weighted by molar-refractivity contribution is 5.21. The molecule has 20 heavy (non-hydrogen) atoms. The minimum Gasteiger partial charge on any atom is -0.308 e. The lowest BCUT2D eigenvalue weighted by atomic mass is 9.86. The summed E-state index contributed by atoms with van der Waals surface area (Å²) in [5.41, 5.74) is 1.75. The van der Waals surface area contributed by atoms with E-state index in [0.29, 0.717) is 17.6 Å². The molecule has 0 saturated carbocycles. The van der Waals surface area contributed by atoms with E-state index in [1.165, 1.54) is 24.8 Å². The molecule has 0 aliphatic carbocycles. The van der Waals surface area contributed by atoms with Crippen LogP contribution in [-0.2, 0) is 0 Å². The number of piperazine rings is 1. The van der Waals surface area contributed by atoms with Gasteiger partial charge in [-0.25, -0.2) is 0 Å². The zero-order chi connectivity index (χ0) is 14.6. The second-order valence-corrected chi connectivity index (χ2v) is 6.22. The Bertz CT molecular complexity index is 397. The summed E-state index contributed by atoms with van der Waals surface area (Å²) in [6, 6.07) is 12.1. The topological polar surface area (TPSA) is 15.3 Å². The van der Waals surface area contributed by atoms with Crippen LogP contribution in [0.2, 0.25) is 0 Å². The molecule has 1 heterocycles. The SMILES string of the molecule is CCC(C)N1CC(CC)(CC)NCC1c1ccccc1. The van der Waals surface area contributed by atoms with Gasteiger partial charge in [0, 0.05) is 30.7 Å². The van der Waals surface area contributed by atoms with Crippen molar-refractivity contribution < 1.29 is 0 Å². The van der Waals surface area contributed by atoms with Crippen molar-refractivity contribution in [3.05, 3.63) is 35.9 Å². The Balaban J connectivity index is 2.25. The van der Waals surface area contributed by atoms with Gasteiger partial charge in [0.15, 0.2) is 0 Å². The lowest BCUT2D eigenvalue weighted by molar-refractivity contribution is 0.0402. The van der Waals surface area contributed by atoms with Crippen LogP contribution in [0.1, 0.15) is 58.6 Å². The first-order chi connectivity index (χ1) is 9.65. The van der Waals surface area contributed by atoms with Crippen molar-refractivity contribution in [2.24, 2.45) is 0 Å². The monoisotopic (exact) mass is 274 g/mol. The van der Waals surface area contributed by atoms with Crippen LogP contribution in [0.15, 0.2) is 30.3 Å². The van der Waals surface area contributed by atoms with E-state index in [1.807, 2.05) is 0 Å².